The van der Waals surface area contributed by atoms with Crippen molar-refractivity contribution in [1.82, 2.24) is 0 Å². The minimum atomic E-state index is -0.268. The van der Waals surface area contributed by atoms with E-state index in [-0.39, 0.29) is 39.1 Å². The summed E-state index contributed by atoms with van der Waals surface area (Å²) in [7, 11) is -0.253. The Morgan fingerprint density at radius 1 is 1.00 bits per heavy atom. The maximum absolute atomic E-state index is 5.99. The molecule has 1 aromatic rings. The van der Waals surface area contributed by atoms with Gasteiger partial charge in [0, 0.05) is 3.57 Å². The molecular weight excluding hydrogens is 326 g/mol. The summed E-state index contributed by atoms with van der Waals surface area (Å²) in [6.45, 7) is 8.29. The molecule has 0 unspecified atom stereocenters. The first-order chi connectivity index (χ1) is 7.86. The van der Waals surface area contributed by atoms with Crippen molar-refractivity contribution in [3.8, 4) is 0 Å². The smallest absolute Gasteiger partial charge is 0.399 e. The highest BCUT2D eigenvalue weighted by atomic mass is 127. The van der Waals surface area contributed by atoms with Gasteiger partial charge in [0.25, 0.3) is 0 Å². The summed E-state index contributed by atoms with van der Waals surface area (Å²) in [4.78, 5) is 0. The first kappa shape index (κ1) is 13.2. The Hall–Kier alpha value is -0.195. The molecule has 92 valence electrons. The van der Waals surface area contributed by atoms with E-state index >= 15 is 0 Å². The van der Waals surface area contributed by atoms with E-state index in [0.29, 0.717) is 0 Å². The van der Waals surface area contributed by atoms with Crippen LogP contribution < -0.4 is 5.46 Å². The minimum Gasteiger partial charge on any atom is -0.399 e. The van der Waals surface area contributed by atoms with Crippen LogP contribution in [0.15, 0.2) is 24.3 Å². The second-order valence-corrected chi connectivity index (χ2v) is 7.28. The molecule has 0 radical (unpaired) electrons. The normalized spacial score (nSPS) is 21.8. The van der Waals surface area contributed by atoms with Crippen LogP contribution in [0, 0.1) is 3.57 Å². The van der Waals surface area contributed by atoms with E-state index in [1.807, 2.05) is 0 Å². The van der Waals surface area contributed by atoms with Crippen LogP contribution >= 0.6 is 20.7 Å². The highest BCUT2D eigenvalue weighted by Crippen LogP contribution is 2.36. The van der Waals surface area contributed by atoms with Crippen molar-refractivity contribution >= 4 is 37.8 Å². The van der Waals surface area contributed by atoms with Gasteiger partial charge in [-0.25, -0.2) is 0 Å². The lowest BCUT2D eigenvalue weighted by atomic mass is 9.79. The van der Waals surface area contributed by atoms with Gasteiger partial charge in [-0.15, -0.1) is 0 Å². The summed E-state index contributed by atoms with van der Waals surface area (Å²) in [5.41, 5.74) is 0.551. The quantitative estimate of drug-likeness (QED) is 0.607. The van der Waals surface area contributed by atoms with Crippen LogP contribution in [0.3, 0.4) is 0 Å². The summed E-state index contributed by atoms with van der Waals surface area (Å²) >= 11 is -0.0869. The first-order valence-electron chi connectivity index (χ1n) is 5.70. The van der Waals surface area contributed by atoms with Gasteiger partial charge in [0.15, 0.2) is 0 Å². The molecule has 17 heavy (non-hydrogen) atoms. The number of rotatable bonds is 2. The molecule has 0 N–H and O–H groups in total. The van der Waals surface area contributed by atoms with Crippen molar-refractivity contribution < 1.29 is 9.31 Å². The molecule has 0 amide bonds. The lowest BCUT2D eigenvalue weighted by molar-refractivity contribution is 0.00578. The number of halogens is 1. The molecule has 1 fully saturated rings. The first-order valence-corrected chi connectivity index (χ1v) is 8.30. The SMILES string of the molecule is C=Ic1ccc(B2OC(C)(C)C(C)(C)O2)cc1. The number of hydrogen-bond acceptors (Lipinski definition) is 2. The molecule has 1 saturated heterocycles. The average Bonchev–Trinajstić information content (AvgIpc) is 2.48. The van der Waals surface area contributed by atoms with Crippen LogP contribution in [0.4, 0.5) is 0 Å². The fourth-order valence-corrected chi connectivity index (χ4v) is 2.56. The molecule has 1 aliphatic rings. The summed E-state index contributed by atoms with van der Waals surface area (Å²) in [6, 6.07) is 8.42. The Balaban J connectivity index is 2.22. The third-order valence-corrected chi connectivity index (χ3v) is 5.15. The fraction of sp³-hybridized carbons (Fsp3) is 0.462. The second-order valence-electron chi connectivity index (χ2n) is 5.27. The van der Waals surface area contributed by atoms with Gasteiger partial charge in [-0.2, -0.15) is 0 Å². The molecule has 2 nitrogen and oxygen atoms in total. The van der Waals surface area contributed by atoms with Gasteiger partial charge in [0.2, 0.25) is 0 Å². The Labute approximate surface area is 114 Å². The van der Waals surface area contributed by atoms with Crippen LogP contribution in [0.1, 0.15) is 27.7 Å². The van der Waals surface area contributed by atoms with Gasteiger partial charge in [-0.3, -0.25) is 0 Å². The molecule has 0 spiro atoms. The third-order valence-electron chi connectivity index (χ3n) is 3.55. The second kappa shape index (κ2) is 4.48. The topological polar surface area (TPSA) is 18.5 Å². The third kappa shape index (κ3) is 2.49. The van der Waals surface area contributed by atoms with Crippen molar-refractivity contribution in [2.24, 2.45) is 0 Å². The monoisotopic (exact) mass is 344 g/mol. The van der Waals surface area contributed by atoms with E-state index in [9.17, 15) is 0 Å². The predicted molar refractivity (Wildman–Crippen MR) is 82.0 cm³/mol. The number of hydrogen-bond donors (Lipinski definition) is 0. The molecule has 2 rings (SSSR count). The van der Waals surface area contributed by atoms with Crippen LogP contribution in [0.2, 0.25) is 0 Å². The van der Waals surface area contributed by atoms with Crippen LogP contribution in [0.5, 0.6) is 0 Å². The van der Waals surface area contributed by atoms with Crippen molar-refractivity contribution in [1.29, 1.82) is 0 Å². The van der Waals surface area contributed by atoms with E-state index in [1.165, 1.54) is 3.57 Å². The Morgan fingerprint density at radius 2 is 1.47 bits per heavy atom. The van der Waals surface area contributed by atoms with Gasteiger partial charge >= 0.3 is 7.12 Å². The van der Waals surface area contributed by atoms with Gasteiger partial charge < -0.3 is 9.31 Å². The fourth-order valence-electron chi connectivity index (χ4n) is 1.69. The maximum Gasteiger partial charge on any atom is 0.494 e. The Morgan fingerprint density at radius 3 is 1.88 bits per heavy atom. The standard InChI is InChI=1S/C13H18BIO2/c1-12(2)13(3,4)17-14(16-12)10-6-8-11(15-5)9-7-10/h6-9H,5H2,1-4H3. The minimum absolute atomic E-state index is 0.0869. The molecule has 0 saturated carbocycles. The summed E-state index contributed by atoms with van der Waals surface area (Å²) in [5.74, 6) is 0. The molecule has 0 bridgehead atoms. The highest BCUT2D eigenvalue weighted by Gasteiger charge is 2.51. The lowest BCUT2D eigenvalue weighted by Gasteiger charge is -2.32. The van der Waals surface area contributed by atoms with Crippen LogP contribution in [-0.4, -0.2) is 22.8 Å². The van der Waals surface area contributed by atoms with E-state index < -0.39 is 0 Å². The lowest BCUT2D eigenvalue weighted by Crippen LogP contribution is -2.41. The van der Waals surface area contributed by atoms with E-state index in [1.54, 1.807) is 0 Å². The molecule has 0 aromatic heterocycles. The van der Waals surface area contributed by atoms with E-state index in [0.717, 1.165) is 5.46 Å². The summed E-state index contributed by atoms with van der Waals surface area (Å²) in [6.07, 6.45) is 0. The van der Waals surface area contributed by atoms with Gasteiger partial charge in [-0.05, 0) is 45.3 Å². The Kier molecular flexibility index (Phi) is 3.49. The summed E-state index contributed by atoms with van der Waals surface area (Å²) < 4.78 is 17.3. The van der Waals surface area contributed by atoms with Gasteiger partial charge in [0.1, 0.15) is 0 Å². The summed E-state index contributed by atoms with van der Waals surface area (Å²) in [5, 5.41) is 0. The van der Waals surface area contributed by atoms with Crippen molar-refractivity contribution in [2.45, 2.75) is 38.9 Å². The van der Waals surface area contributed by atoms with Gasteiger partial charge in [0.05, 0.1) is 11.2 Å². The van der Waals surface area contributed by atoms with Crippen molar-refractivity contribution in [2.75, 3.05) is 0 Å². The largest absolute Gasteiger partial charge is 0.494 e. The Bertz CT molecular complexity index is 410. The molecule has 4 heteroatoms. The number of benzene rings is 1. The molecule has 1 aliphatic heterocycles. The zero-order valence-electron chi connectivity index (χ0n) is 10.8. The van der Waals surface area contributed by atoms with Crippen LogP contribution in [0.25, 0.3) is 0 Å². The average molecular weight is 344 g/mol. The van der Waals surface area contributed by atoms with Crippen LogP contribution in [-0.2, 0) is 9.31 Å². The molecule has 1 heterocycles. The van der Waals surface area contributed by atoms with E-state index in [2.05, 4.69) is 56.5 Å². The van der Waals surface area contributed by atoms with Crippen molar-refractivity contribution in [3.05, 3.63) is 27.8 Å². The molecule has 1 aromatic carbocycles. The highest BCUT2D eigenvalue weighted by molar-refractivity contribution is 14.2. The molecule has 0 aliphatic carbocycles. The van der Waals surface area contributed by atoms with E-state index in [4.69, 9.17) is 9.31 Å². The maximum atomic E-state index is 5.99. The van der Waals surface area contributed by atoms with Crippen molar-refractivity contribution in [3.63, 3.8) is 0 Å². The zero-order valence-corrected chi connectivity index (χ0v) is 12.9. The molecule has 0 atom stereocenters. The predicted octanol–water partition coefficient (Wildman–Crippen LogP) is 2.56. The van der Waals surface area contributed by atoms with Gasteiger partial charge in [-0.1, -0.05) is 37.4 Å². The molecular formula is C13H18BIO2. The zero-order chi connectivity index (χ0) is 12.7.